The molecule has 0 aliphatic rings. The maximum atomic E-state index is 11.8. The van der Waals surface area contributed by atoms with Gasteiger partial charge in [0.25, 0.3) is 0 Å². The van der Waals surface area contributed by atoms with Crippen LogP contribution in [0.5, 0.6) is 0 Å². The number of carbonyl (C=O) groups is 1. The van der Waals surface area contributed by atoms with Gasteiger partial charge in [-0.3, -0.25) is 4.79 Å². The summed E-state index contributed by atoms with van der Waals surface area (Å²) in [4.78, 5) is 11.8. The summed E-state index contributed by atoms with van der Waals surface area (Å²) in [6.45, 7) is 3.69. The summed E-state index contributed by atoms with van der Waals surface area (Å²) >= 11 is 0. The van der Waals surface area contributed by atoms with Crippen LogP contribution in [0.4, 0.5) is 0 Å². The maximum Gasteiger partial charge on any atom is 0.325 e. The van der Waals surface area contributed by atoms with Gasteiger partial charge in [-0.25, -0.2) is 0 Å². The Morgan fingerprint density at radius 2 is 2.20 bits per heavy atom. The van der Waals surface area contributed by atoms with E-state index in [0.717, 1.165) is 24.9 Å². The minimum Gasteiger partial charge on any atom is -0.464 e. The molecule has 1 aromatic heterocycles. The van der Waals surface area contributed by atoms with Crippen LogP contribution < -0.4 is 5.32 Å². The van der Waals surface area contributed by atoms with Crippen LogP contribution in [-0.4, -0.2) is 24.2 Å². The molecule has 0 spiro atoms. The molecule has 20 heavy (non-hydrogen) atoms. The quantitative estimate of drug-likeness (QED) is 0.623. The third-order valence-electron chi connectivity index (χ3n) is 3.33. The summed E-state index contributed by atoms with van der Waals surface area (Å²) in [7, 11) is 1.93. The number of hydrogen-bond acceptors (Lipinski definition) is 3. The summed E-state index contributed by atoms with van der Waals surface area (Å²) in [6, 6.07) is 8.21. The van der Waals surface area contributed by atoms with Gasteiger partial charge in [0.05, 0.1) is 6.61 Å². The van der Waals surface area contributed by atoms with Gasteiger partial charge in [0.1, 0.15) is 6.54 Å². The van der Waals surface area contributed by atoms with Crippen molar-refractivity contribution in [3.8, 4) is 0 Å². The normalized spacial score (nSPS) is 10.9. The second-order valence-electron chi connectivity index (χ2n) is 4.90. The number of carbonyl (C=O) groups excluding carboxylic acids is 1. The Bertz CT molecular complexity index is 575. The Morgan fingerprint density at radius 3 is 2.95 bits per heavy atom. The van der Waals surface area contributed by atoms with E-state index in [0.29, 0.717) is 6.61 Å². The lowest BCUT2D eigenvalue weighted by atomic mass is 10.1. The average molecular weight is 274 g/mol. The van der Waals surface area contributed by atoms with Gasteiger partial charge in [-0.2, -0.15) is 0 Å². The molecule has 0 unspecified atom stereocenters. The third kappa shape index (κ3) is 3.39. The summed E-state index contributed by atoms with van der Waals surface area (Å²) in [6.07, 6.45) is 3.91. The SMILES string of the molecule is CCCCOC(=O)Cn1ccc2c(CNC)cccc21. The highest BCUT2D eigenvalue weighted by Gasteiger charge is 2.09. The van der Waals surface area contributed by atoms with Crippen LogP contribution in [-0.2, 0) is 22.6 Å². The number of unbranched alkanes of at least 4 members (excludes halogenated alkanes) is 1. The first-order valence-corrected chi connectivity index (χ1v) is 7.13. The Morgan fingerprint density at radius 1 is 1.35 bits per heavy atom. The van der Waals surface area contributed by atoms with Gasteiger partial charge in [0.15, 0.2) is 0 Å². The van der Waals surface area contributed by atoms with E-state index in [1.165, 1.54) is 10.9 Å². The molecular weight excluding hydrogens is 252 g/mol. The molecule has 0 fully saturated rings. The van der Waals surface area contributed by atoms with Gasteiger partial charge in [-0.15, -0.1) is 0 Å². The van der Waals surface area contributed by atoms with Gasteiger partial charge < -0.3 is 14.6 Å². The highest BCUT2D eigenvalue weighted by Crippen LogP contribution is 2.20. The van der Waals surface area contributed by atoms with E-state index >= 15 is 0 Å². The van der Waals surface area contributed by atoms with Crippen LogP contribution in [0.1, 0.15) is 25.3 Å². The predicted molar refractivity (Wildman–Crippen MR) is 80.6 cm³/mol. The second-order valence-corrected chi connectivity index (χ2v) is 4.90. The lowest BCUT2D eigenvalue weighted by molar-refractivity contribution is -0.144. The molecule has 0 saturated carbocycles. The first-order valence-electron chi connectivity index (χ1n) is 7.13. The molecule has 0 atom stereocenters. The number of esters is 1. The number of ether oxygens (including phenoxy) is 1. The van der Waals surface area contributed by atoms with Crippen LogP contribution in [0, 0.1) is 0 Å². The Kier molecular flexibility index (Phi) is 5.18. The van der Waals surface area contributed by atoms with Gasteiger partial charge in [-0.05, 0) is 31.2 Å². The van der Waals surface area contributed by atoms with Crippen molar-refractivity contribution in [1.82, 2.24) is 9.88 Å². The number of hydrogen-bond donors (Lipinski definition) is 1. The van der Waals surface area contributed by atoms with E-state index in [9.17, 15) is 4.79 Å². The summed E-state index contributed by atoms with van der Waals surface area (Å²) < 4.78 is 7.16. The van der Waals surface area contributed by atoms with Crippen molar-refractivity contribution in [2.45, 2.75) is 32.9 Å². The zero-order valence-corrected chi connectivity index (χ0v) is 12.2. The number of rotatable bonds is 7. The Hall–Kier alpha value is -1.81. The van der Waals surface area contributed by atoms with Crippen LogP contribution in [0.3, 0.4) is 0 Å². The van der Waals surface area contributed by atoms with Crippen molar-refractivity contribution >= 4 is 16.9 Å². The fraction of sp³-hybridized carbons (Fsp3) is 0.438. The molecule has 4 nitrogen and oxygen atoms in total. The largest absolute Gasteiger partial charge is 0.464 e. The number of benzene rings is 1. The van der Waals surface area contributed by atoms with Crippen molar-refractivity contribution in [3.63, 3.8) is 0 Å². The number of fused-ring (bicyclic) bond motifs is 1. The number of nitrogens with one attached hydrogen (secondary N) is 1. The van der Waals surface area contributed by atoms with Crippen molar-refractivity contribution in [1.29, 1.82) is 0 Å². The highest BCUT2D eigenvalue weighted by molar-refractivity contribution is 5.85. The minimum absolute atomic E-state index is 0.171. The van der Waals surface area contributed by atoms with E-state index in [-0.39, 0.29) is 12.5 Å². The first-order chi connectivity index (χ1) is 9.76. The molecule has 0 aliphatic carbocycles. The molecule has 1 heterocycles. The lowest BCUT2D eigenvalue weighted by Crippen LogP contribution is -2.13. The maximum absolute atomic E-state index is 11.8. The van der Waals surface area contributed by atoms with Crippen LogP contribution >= 0.6 is 0 Å². The van der Waals surface area contributed by atoms with Crippen LogP contribution in [0.2, 0.25) is 0 Å². The van der Waals surface area contributed by atoms with Crippen LogP contribution in [0.15, 0.2) is 30.5 Å². The van der Waals surface area contributed by atoms with Gasteiger partial charge in [0, 0.05) is 23.6 Å². The predicted octanol–water partition coefficient (Wildman–Crippen LogP) is 2.70. The number of aromatic nitrogens is 1. The first kappa shape index (κ1) is 14.6. The summed E-state index contributed by atoms with van der Waals surface area (Å²) in [5.41, 5.74) is 2.31. The number of nitrogens with zero attached hydrogens (tertiary/aromatic N) is 1. The summed E-state index contributed by atoms with van der Waals surface area (Å²) in [5.74, 6) is -0.171. The van der Waals surface area contributed by atoms with Gasteiger partial charge >= 0.3 is 5.97 Å². The molecule has 0 radical (unpaired) electrons. The molecule has 108 valence electrons. The van der Waals surface area contributed by atoms with Crippen LogP contribution in [0.25, 0.3) is 10.9 Å². The zero-order valence-electron chi connectivity index (χ0n) is 12.2. The van der Waals surface area contributed by atoms with Gasteiger partial charge in [-0.1, -0.05) is 25.5 Å². The molecule has 1 aromatic carbocycles. The van der Waals surface area contributed by atoms with E-state index in [4.69, 9.17) is 4.74 Å². The molecule has 4 heteroatoms. The molecular formula is C16H22N2O2. The topological polar surface area (TPSA) is 43.3 Å². The van der Waals surface area contributed by atoms with Crippen molar-refractivity contribution in [2.75, 3.05) is 13.7 Å². The molecule has 1 N–H and O–H groups in total. The fourth-order valence-electron chi connectivity index (χ4n) is 2.28. The van der Waals surface area contributed by atoms with E-state index in [2.05, 4.69) is 24.4 Å². The molecule has 2 rings (SSSR count). The van der Waals surface area contributed by atoms with Crippen molar-refractivity contribution in [3.05, 3.63) is 36.0 Å². The standard InChI is InChI=1S/C16H22N2O2/c1-3-4-10-20-16(19)12-18-9-8-14-13(11-17-2)6-5-7-15(14)18/h5-9,17H,3-4,10-12H2,1-2H3. The summed E-state index contributed by atoms with van der Waals surface area (Å²) in [5, 5.41) is 4.34. The van der Waals surface area contributed by atoms with E-state index in [1.54, 1.807) is 0 Å². The average Bonchev–Trinajstić information content (AvgIpc) is 2.84. The molecule has 2 aromatic rings. The van der Waals surface area contributed by atoms with Crippen molar-refractivity contribution < 1.29 is 9.53 Å². The lowest BCUT2D eigenvalue weighted by Gasteiger charge is -2.07. The Labute approximate surface area is 119 Å². The molecule has 0 aliphatic heterocycles. The van der Waals surface area contributed by atoms with E-state index in [1.807, 2.05) is 29.9 Å². The second kappa shape index (κ2) is 7.10. The Balaban J connectivity index is 2.11. The smallest absolute Gasteiger partial charge is 0.325 e. The van der Waals surface area contributed by atoms with Crippen molar-refractivity contribution in [2.24, 2.45) is 0 Å². The molecule has 0 saturated heterocycles. The minimum atomic E-state index is -0.171. The highest BCUT2D eigenvalue weighted by atomic mass is 16.5. The van der Waals surface area contributed by atoms with Gasteiger partial charge in [0.2, 0.25) is 0 Å². The third-order valence-corrected chi connectivity index (χ3v) is 3.33. The zero-order chi connectivity index (χ0) is 14.4. The molecule has 0 amide bonds. The van der Waals surface area contributed by atoms with E-state index < -0.39 is 0 Å². The molecule has 0 bridgehead atoms. The fourth-order valence-corrected chi connectivity index (χ4v) is 2.28. The monoisotopic (exact) mass is 274 g/mol.